The van der Waals surface area contributed by atoms with Crippen LogP contribution in [0.15, 0.2) is 24.4 Å². The topological polar surface area (TPSA) is 67.0 Å². The summed E-state index contributed by atoms with van der Waals surface area (Å²) in [5, 5.41) is 10.1. The number of H-pyrrole nitrogens is 1. The molecule has 1 aliphatic rings. The first kappa shape index (κ1) is 14.6. The molecule has 116 valence electrons. The Balaban J connectivity index is 1.51. The Morgan fingerprint density at radius 1 is 1.45 bits per heavy atom. The fourth-order valence-corrected chi connectivity index (χ4v) is 2.91. The fourth-order valence-electron chi connectivity index (χ4n) is 2.91. The van der Waals surface area contributed by atoms with Gasteiger partial charge >= 0.3 is 0 Å². The van der Waals surface area contributed by atoms with Gasteiger partial charge in [-0.05, 0) is 43.9 Å². The van der Waals surface area contributed by atoms with E-state index in [0.717, 1.165) is 36.3 Å². The predicted octanol–water partition coefficient (Wildman–Crippen LogP) is 2.08. The van der Waals surface area contributed by atoms with Crippen LogP contribution >= 0.6 is 0 Å². The molecule has 1 amide bonds. The third-order valence-electron chi connectivity index (χ3n) is 4.07. The zero-order valence-electron chi connectivity index (χ0n) is 13.0. The summed E-state index contributed by atoms with van der Waals surface area (Å²) in [6.45, 7) is 4.08. The molecular formula is C17H21N3O2. The van der Waals surface area contributed by atoms with Crippen LogP contribution in [-0.4, -0.2) is 28.8 Å². The number of amides is 1. The van der Waals surface area contributed by atoms with Crippen molar-refractivity contribution in [3.8, 4) is 5.75 Å². The van der Waals surface area contributed by atoms with Crippen LogP contribution in [0.2, 0.25) is 0 Å². The molecule has 1 unspecified atom stereocenters. The van der Waals surface area contributed by atoms with Crippen molar-refractivity contribution in [1.29, 1.82) is 0 Å². The number of aromatic amines is 1. The predicted molar refractivity (Wildman–Crippen MR) is 84.0 cm³/mol. The van der Waals surface area contributed by atoms with Crippen LogP contribution in [-0.2, 0) is 17.6 Å². The number of hydrogen-bond acceptors (Lipinski definition) is 3. The van der Waals surface area contributed by atoms with Gasteiger partial charge in [-0.2, -0.15) is 5.10 Å². The maximum absolute atomic E-state index is 12.1. The SMILES string of the molecule is Cc1ccc(OCC(=O)NC2CCc3cn[nH]c3C2)c(C)c1. The van der Waals surface area contributed by atoms with Crippen molar-refractivity contribution in [3.63, 3.8) is 0 Å². The summed E-state index contributed by atoms with van der Waals surface area (Å²) < 4.78 is 5.62. The van der Waals surface area contributed by atoms with Crippen LogP contribution in [0.3, 0.4) is 0 Å². The van der Waals surface area contributed by atoms with Gasteiger partial charge in [0.05, 0.1) is 6.20 Å². The number of ether oxygens (including phenoxy) is 1. The molecule has 3 rings (SSSR count). The molecule has 0 saturated heterocycles. The van der Waals surface area contributed by atoms with Crippen LogP contribution in [0.4, 0.5) is 0 Å². The molecule has 1 aliphatic carbocycles. The van der Waals surface area contributed by atoms with Crippen molar-refractivity contribution in [2.24, 2.45) is 0 Å². The zero-order valence-corrected chi connectivity index (χ0v) is 13.0. The van der Waals surface area contributed by atoms with Crippen molar-refractivity contribution >= 4 is 5.91 Å². The smallest absolute Gasteiger partial charge is 0.258 e. The van der Waals surface area contributed by atoms with Crippen molar-refractivity contribution in [3.05, 3.63) is 46.8 Å². The number of carbonyl (C=O) groups is 1. The van der Waals surface area contributed by atoms with Crippen LogP contribution in [0.1, 0.15) is 28.8 Å². The number of benzene rings is 1. The number of hydrogen-bond donors (Lipinski definition) is 2. The van der Waals surface area contributed by atoms with Crippen molar-refractivity contribution in [1.82, 2.24) is 15.5 Å². The minimum atomic E-state index is -0.0760. The van der Waals surface area contributed by atoms with Gasteiger partial charge in [0, 0.05) is 18.2 Å². The Labute approximate surface area is 130 Å². The number of aromatic nitrogens is 2. The number of carbonyl (C=O) groups excluding carboxylic acids is 1. The Hall–Kier alpha value is -2.30. The Morgan fingerprint density at radius 3 is 3.14 bits per heavy atom. The molecule has 0 aliphatic heterocycles. The number of nitrogens with zero attached hydrogens (tertiary/aromatic N) is 1. The molecule has 0 saturated carbocycles. The maximum Gasteiger partial charge on any atom is 0.258 e. The third kappa shape index (κ3) is 3.30. The van der Waals surface area contributed by atoms with Gasteiger partial charge in [0.15, 0.2) is 6.61 Å². The lowest BCUT2D eigenvalue weighted by Crippen LogP contribution is -2.41. The molecule has 0 spiro atoms. The van der Waals surface area contributed by atoms with Crippen molar-refractivity contribution in [2.45, 2.75) is 39.2 Å². The van der Waals surface area contributed by atoms with E-state index in [2.05, 4.69) is 15.5 Å². The molecular weight excluding hydrogens is 278 g/mol. The molecule has 22 heavy (non-hydrogen) atoms. The standard InChI is InChI=1S/C17H21N3O2/c1-11-3-6-16(12(2)7-11)22-10-17(21)19-14-5-4-13-9-18-20-15(13)8-14/h3,6-7,9,14H,4-5,8,10H2,1-2H3,(H,18,20)(H,19,21). The molecule has 5 heteroatoms. The fraction of sp³-hybridized carbons (Fsp3) is 0.412. The second-order valence-electron chi connectivity index (χ2n) is 5.94. The number of rotatable bonds is 4. The van der Waals surface area contributed by atoms with Gasteiger partial charge in [-0.3, -0.25) is 9.89 Å². The average molecular weight is 299 g/mol. The molecule has 1 aromatic carbocycles. The van der Waals surface area contributed by atoms with E-state index in [9.17, 15) is 4.79 Å². The Kier molecular flexibility index (Phi) is 4.13. The van der Waals surface area contributed by atoms with Crippen LogP contribution < -0.4 is 10.1 Å². The molecule has 2 aromatic rings. The minimum absolute atomic E-state index is 0.0518. The van der Waals surface area contributed by atoms with E-state index >= 15 is 0 Å². The largest absolute Gasteiger partial charge is 0.484 e. The normalized spacial score (nSPS) is 16.9. The second kappa shape index (κ2) is 6.22. The molecule has 2 N–H and O–H groups in total. The molecule has 1 heterocycles. The van der Waals surface area contributed by atoms with Crippen molar-refractivity contribution in [2.75, 3.05) is 6.61 Å². The van der Waals surface area contributed by atoms with Crippen molar-refractivity contribution < 1.29 is 9.53 Å². The summed E-state index contributed by atoms with van der Waals surface area (Å²) in [5.74, 6) is 0.688. The van der Waals surface area contributed by atoms with Gasteiger partial charge in [-0.15, -0.1) is 0 Å². The average Bonchev–Trinajstić information content (AvgIpc) is 2.94. The second-order valence-corrected chi connectivity index (χ2v) is 5.94. The molecule has 0 bridgehead atoms. The zero-order chi connectivity index (χ0) is 15.5. The highest BCUT2D eigenvalue weighted by molar-refractivity contribution is 5.78. The van der Waals surface area contributed by atoms with Crippen LogP contribution in [0.5, 0.6) is 5.75 Å². The molecule has 0 fully saturated rings. The van der Waals surface area contributed by atoms with Gasteiger partial charge in [-0.1, -0.05) is 17.7 Å². The lowest BCUT2D eigenvalue weighted by atomic mass is 9.94. The Bertz CT molecular complexity index is 678. The van der Waals surface area contributed by atoms with Gasteiger partial charge in [0.2, 0.25) is 0 Å². The summed E-state index contributed by atoms with van der Waals surface area (Å²) in [6.07, 6.45) is 4.58. The summed E-state index contributed by atoms with van der Waals surface area (Å²) >= 11 is 0. The van der Waals surface area contributed by atoms with E-state index in [1.165, 1.54) is 11.1 Å². The highest BCUT2D eigenvalue weighted by Gasteiger charge is 2.21. The number of nitrogens with one attached hydrogen (secondary N) is 2. The van der Waals surface area contributed by atoms with Crippen LogP contribution in [0, 0.1) is 13.8 Å². The summed E-state index contributed by atoms with van der Waals surface area (Å²) in [4.78, 5) is 12.1. The lowest BCUT2D eigenvalue weighted by Gasteiger charge is -2.22. The van der Waals surface area contributed by atoms with Gasteiger partial charge in [-0.25, -0.2) is 0 Å². The Morgan fingerprint density at radius 2 is 2.32 bits per heavy atom. The lowest BCUT2D eigenvalue weighted by molar-refractivity contribution is -0.123. The highest BCUT2D eigenvalue weighted by atomic mass is 16.5. The highest BCUT2D eigenvalue weighted by Crippen LogP contribution is 2.20. The van der Waals surface area contributed by atoms with Gasteiger partial charge < -0.3 is 10.1 Å². The van der Waals surface area contributed by atoms with E-state index in [1.807, 2.05) is 38.2 Å². The van der Waals surface area contributed by atoms with E-state index in [-0.39, 0.29) is 18.6 Å². The maximum atomic E-state index is 12.1. The third-order valence-corrected chi connectivity index (χ3v) is 4.07. The quantitative estimate of drug-likeness (QED) is 0.908. The van der Waals surface area contributed by atoms with E-state index in [4.69, 9.17) is 4.74 Å². The minimum Gasteiger partial charge on any atom is -0.484 e. The first-order chi connectivity index (χ1) is 10.6. The van der Waals surface area contributed by atoms with E-state index in [1.54, 1.807) is 0 Å². The number of fused-ring (bicyclic) bond motifs is 1. The molecule has 1 atom stereocenters. The summed E-state index contributed by atoms with van der Waals surface area (Å²) in [5.41, 5.74) is 4.63. The first-order valence-corrected chi connectivity index (χ1v) is 7.62. The summed E-state index contributed by atoms with van der Waals surface area (Å²) in [6, 6.07) is 6.10. The van der Waals surface area contributed by atoms with Gasteiger partial charge in [0.25, 0.3) is 5.91 Å². The molecule has 5 nitrogen and oxygen atoms in total. The molecule has 1 aromatic heterocycles. The first-order valence-electron chi connectivity index (χ1n) is 7.62. The summed E-state index contributed by atoms with van der Waals surface area (Å²) in [7, 11) is 0. The monoisotopic (exact) mass is 299 g/mol. The van der Waals surface area contributed by atoms with E-state index < -0.39 is 0 Å². The van der Waals surface area contributed by atoms with E-state index in [0.29, 0.717) is 0 Å². The molecule has 0 radical (unpaired) electrons. The number of aryl methyl sites for hydroxylation is 3. The van der Waals surface area contributed by atoms with Crippen LogP contribution in [0.25, 0.3) is 0 Å². The van der Waals surface area contributed by atoms with Gasteiger partial charge in [0.1, 0.15) is 5.75 Å².